The van der Waals surface area contributed by atoms with Gasteiger partial charge in [-0.05, 0) is 24.6 Å². The highest BCUT2D eigenvalue weighted by Gasteiger charge is 2.17. The zero-order valence-corrected chi connectivity index (χ0v) is 12.5. The summed E-state index contributed by atoms with van der Waals surface area (Å²) in [5, 5.41) is 8.89. The van der Waals surface area contributed by atoms with E-state index in [0.29, 0.717) is 12.1 Å². The van der Waals surface area contributed by atoms with Gasteiger partial charge in [-0.25, -0.2) is 0 Å². The van der Waals surface area contributed by atoms with Crippen LogP contribution in [0.25, 0.3) is 0 Å². The van der Waals surface area contributed by atoms with Gasteiger partial charge in [0.1, 0.15) is 0 Å². The van der Waals surface area contributed by atoms with E-state index in [-0.39, 0.29) is 18.9 Å². The van der Waals surface area contributed by atoms with Gasteiger partial charge in [-0.1, -0.05) is 48.0 Å². The predicted octanol–water partition coefficient (Wildman–Crippen LogP) is 3.11. The van der Waals surface area contributed by atoms with Gasteiger partial charge in [0.2, 0.25) is 0 Å². The second kappa shape index (κ2) is 7.41. The zero-order valence-electron chi connectivity index (χ0n) is 12.5. The van der Waals surface area contributed by atoms with Crippen LogP contribution >= 0.6 is 0 Å². The summed E-state index contributed by atoms with van der Waals surface area (Å²) in [6, 6.07) is 16.9. The molecule has 0 aliphatic heterocycles. The van der Waals surface area contributed by atoms with E-state index in [9.17, 15) is 9.59 Å². The molecule has 2 aromatic rings. The summed E-state index contributed by atoms with van der Waals surface area (Å²) >= 11 is 0. The van der Waals surface area contributed by atoms with Gasteiger partial charge >= 0.3 is 5.97 Å². The number of hydrogen-bond acceptors (Lipinski definition) is 2. The molecule has 0 unspecified atom stereocenters. The molecule has 0 bridgehead atoms. The number of benzene rings is 2. The normalized spacial score (nSPS) is 10.2. The van der Waals surface area contributed by atoms with Crippen LogP contribution in [0.3, 0.4) is 0 Å². The minimum Gasteiger partial charge on any atom is -0.481 e. The number of hydrogen-bond donors (Lipinski definition) is 1. The van der Waals surface area contributed by atoms with Crippen LogP contribution < -0.4 is 0 Å². The average molecular weight is 297 g/mol. The van der Waals surface area contributed by atoms with Crippen molar-refractivity contribution in [3.63, 3.8) is 0 Å². The Morgan fingerprint density at radius 3 is 2.41 bits per heavy atom. The first-order chi connectivity index (χ1) is 10.6. The first-order valence-electron chi connectivity index (χ1n) is 7.18. The van der Waals surface area contributed by atoms with Crippen LogP contribution in [0.2, 0.25) is 0 Å². The van der Waals surface area contributed by atoms with Crippen LogP contribution in [0, 0.1) is 6.92 Å². The van der Waals surface area contributed by atoms with E-state index in [2.05, 4.69) is 0 Å². The maximum absolute atomic E-state index is 12.6. The van der Waals surface area contributed by atoms with Crippen molar-refractivity contribution in [3.05, 3.63) is 71.3 Å². The van der Waals surface area contributed by atoms with E-state index in [0.717, 1.165) is 11.1 Å². The third-order valence-electron chi connectivity index (χ3n) is 3.36. The van der Waals surface area contributed by atoms with E-state index in [4.69, 9.17) is 5.11 Å². The predicted molar refractivity (Wildman–Crippen MR) is 84.6 cm³/mol. The molecule has 4 nitrogen and oxygen atoms in total. The molecular formula is C18H19NO3. The van der Waals surface area contributed by atoms with E-state index >= 15 is 0 Å². The van der Waals surface area contributed by atoms with E-state index < -0.39 is 5.97 Å². The fourth-order valence-corrected chi connectivity index (χ4v) is 2.25. The highest BCUT2D eigenvalue weighted by atomic mass is 16.4. The molecule has 0 saturated heterocycles. The summed E-state index contributed by atoms with van der Waals surface area (Å²) in [5.74, 6) is -1.05. The summed E-state index contributed by atoms with van der Waals surface area (Å²) in [6.45, 7) is 2.52. The summed E-state index contributed by atoms with van der Waals surface area (Å²) in [7, 11) is 0. The van der Waals surface area contributed by atoms with Crippen LogP contribution in [0.15, 0.2) is 54.6 Å². The molecule has 4 heteroatoms. The summed E-state index contributed by atoms with van der Waals surface area (Å²) < 4.78 is 0. The van der Waals surface area contributed by atoms with E-state index in [1.807, 2.05) is 55.5 Å². The maximum atomic E-state index is 12.6. The number of aryl methyl sites for hydroxylation is 1. The van der Waals surface area contributed by atoms with Crippen molar-refractivity contribution in [2.45, 2.75) is 19.9 Å². The molecule has 1 amide bonds. The van der Waals surface area contributed by atoms with Gasteiger partial charge in [0.05, 0.1) is 6.42 Å². The van der Waals surface area contributed by atoms with Gasteiger partial charge in [0.15, 0.2) is 0 Å². The Kier molecular flexibility index (Phi) is 5.31. The Bertz CT molecular complexity index is 652. The maximum Gasteiger partial charge on any atom is 0.305 e. The topological polar surface area (TPSA) is 57.6 Å². The summed E-state index contributed by atoms with van der Waals surface area (Å²) in [4.78, 5) is 25.1. The van der Waals surface area contributed by atoms with Crippen molar-refractivity contribution in [2.24, 2.45) is 0 Å². The molecule has 0 atom stereocenters. The minimum absolute atomic E-state index is 0.0651. The number of rotatable bonds is 6. The van der Waals surface area contributed by atoms with Gasteiger partial charge in [-0.2, -0.15) is 0 Å². The molecule has 0 aliphatic rings. The molecule has 0 radical (unpaired) electrons. The highest BCUT2D eigenvalue weighted by Crippen LogP contribution is 2.12. The van der Waals surface area contributed by atoms with E-state index in [1.54, 1.807) is 11.0 Å². The lowest BCUT2D eigenvalue weighted by molar-refractivity contribution is -0.137. The zero-order chi connectivity index (χ0) is 15.9. The molecule has 0 aromatic heterocycles. The number of carboxylic acid groups (broad SMARTS) is 1. The molecule has 2 rings (SSSR count). The quantitative estimate of drug-likeness (QED) is 0.891. The summed E-state index contributed by atoms with van der Waals surface area (Å²) in [6.07, 6.45) is -0.0651. The van der Waals surface area contributed by atoms with Gasteiger partial charge in [0.25, 0.3) is 5.91 Å². The van der Waals surface area contributed by atoms with Crippen LogP contribution in [0.5, 0.6) is 0 Å². The number of carbonyl (C=O) groups excluding carboxylic acids is 1. The van der Waals surface area contributed by atoms with Crippen molar-refractivity contribution in [1.29, 1.82) is 0 Å². The number of carboxylic acids is 1. The molecule has 0 spiro atoms. The smallest absolute Gasteiger partial charge is 0.305 e. The highest BCUT2D eigenvalue weighted by molar-refractivity contribution is 5.94. The summed E-state index contributed by atoms with van der Waals surface area (Å²) in [5.41, 5.74) is 2.57. The Labute approximate surface area is 130 Å². The first-order valence-corrected chi connectivity index (χ1v) is 7.18. The Morgan fingerprint density at radius 2 is 1.77 bits per heavy atom. The Hall–Kier alpha value is -2.62. The molecule has 0 aliphatic carbocycles. The molecule has 2 aromatic carbocycles. The lowest BCUT2D eigenvalue weighted by Crippen LogP contribution is -2.32. The van der Waals surface area contributed by atoms with Crippen molar-refractivity contribution in [1.82, 2.24) is 4.90 Å². The Morgan fingerprint density at radius 1 is 1.05 bits per heavy atom. The number of carbonyl (C=O) groups is 2. The van der Waals surface area contributed by atoms with Crippen molar-refractivity contribution >= 4 is 11.9 Å². The molecule has 22 heavy (non-hydrogen) atoms. The first kappa shape index (κ1) is 15.8. The number of amides is 1. The number of aliphatic carboxylic acids is 1. The fraction of sp³-hybridized carbons (Fsp3) is 0.222. The second-order valence-corrected chi connectivity index (χ2v) is 5.23. The standard InChI is InChI=1S/C18H19NO3/c1-14-6-5-9-16(12-14)18(22)19(11-10-17(20)21)13-15-7-3-2-4-8-15/h2-9,12H,10-11,13H2,1H3,(H,20,21). The van der Waals surface area contributed by atoms with Crippen molar-refractivity contribution in [3.8, 4) is 0 Å². The average Bonchev–Trinajstić information content (AvgIpc) is 2.51. The fourth-order valence-electron chi connectivity index (χ4n) is 2.25. The molecule has 0 saturated carbocycles. The second-order valence-electron chi connectivity index (χ2n) is 5.23. The lowest BCUT2D eigenvalue weighted by atomic mass is 10.1. The van der Waals surface area contributed by atoms with Gasteiger partial charge < -0.3 is 10.0 Å². The molecule has 1 N–H and O–H groups in total. The molecule has 0 fully saturated rings. The lowest BCUT2D eigenvalue weighted by Gasteiger charge is -2.22. The molecule has 114 valence electrons. The van der Waals surface area contributed by atoms with Crippen LogP contribution in [0.1, 0.15) is 27.9 Å². The number of nitrogens with zero attached hydrogens (tertiary/aromatic N) is 1. The third-order valence-corrected chi connectivity index (χ3v) is 3.36. The van der Waals surface area contributed by atoms with Gasteiger partial charge in [0, 0.05) is 18.7 Å². The van der Waals surface area contributed by atoms with Crippen molar-refractivity contribution < 1.29 is 14.7 Å². The van der Waals surface area contributed by atoms with Crippen LogP contribution in [-0.2, 0) is 11.3 Å². The Balaban J connectivity index is 2.19. The van der Waals surface area contributed by atoms with Gasteiger partial charge in [-0.15, -0.1) is 0 Å². The largest absolute Gasteiger partial charge is 0.481 e. The van der Waals surface area contributed by atoms with E-state index in [1.165, 1.54) is 0 Å². The van der Waals surface area contributed by atoms with Gasteiger partial charge in [-0.3, -0.25) is 9.59 Å². The van der Waals surface area contributed by atoms with Crippen LogP contribution in [-0.4, -0.2) is 28.4 Å². The SMILES string of the molecule is Cc1cccc(C(=O)N(CCC(=O)O)Cc2ccccc2)c1. The van der Waals surface area contributed by atoms with Crippen molar-refractivity contribution in [2.75, 3.05) is 6.54 Å². The third kappa shape index (κ3) is 4.45. The molecule has 0 heterocycles. The minimum atomic E-state index is -0.907. The van der Waals surface area contributed by atoms with Crippen LogP contribution in [0.4, 0.5) is 0 Å². The molecular weight excluding hydrogens is 278 g/mol. The monoisotopic (exact) mass is 297 g/mol.